The monoisotopic (exact) mass is 390 g/mol. The van der Waals surface area contributed by atoms with Crippen molar-refractivity contribution in [2.45, 2.75) is 18.8 Å². The second-order valence-corrected chi connectivity index (χ2v) is 7.12. The van der Waals surface area contributed by atoms with E-state index in [0.717, 1.165) is 18.7 Å². The first-order valence-electron chi connectivity index (χ1n) is 8.18. The molecule has 0 saturated heterocycles. The van der Waals surface area contributed by atoms with Crippen LogP contribution in [0.3, 0.4) is 0 Å². The number of rotatable bonds is 5. The van der Waals surface area contributed by atoms with Gasteiger partial charge in [-0.1, -0.05) is 23.2 Å². The molecule has 1 N–H and O–H groups in total. The van der Waals surface area contributed by atoms with Crippen molar-refractivity contribution in [3.63, 3.8) is 0 Å². The number of carbonyl (C=O) groups is 1. The van der Waals surface area contributed by atoms with Crippen LogP contribution in [0.1, 0.15) is 24.6 Å². The van der Waals surface area contributed by atoms with E-state index in [2.05, 4.69) is 20.5 Å². The molecule has 1 amide bonds. The molecular formula is C17H16Cl2N6O. The summed E-state index contributed by atoms with van der Waals surface area (Å²) in [5, 5.41) is 12.2. The molecule has 1 saturated carbocycles. The van der Waals surface area contributed by atoms with Gasteiger partial charge in [0.05, 0.1) is 16.6 Å². The Kier molecular flexibility index (Phi) is 4.42. The van der Waals surface area contributed by atoms with Gasteiger partial charge in [0.1, 0.15) is 5.82 Å². The number of halogens is 2. The minimum absolute atomic E-state index is 0.110. The first-order chi connectivity index (χ1) is 12.5. The van der Waals surface area contributed by atoms with Crippen molar-refractivity contribution in [1.29, 1.82) is 0 Å². The number of nitrogens with zero attached hydrogens (tertiary/aromatic N) is 5. The maximum atomic E-state index is 12.4. The second kappa shape index (κ2) is 6.74. The van der Waals surface area contributed by atoms with Crippen molar-refractivity contribution in [3.05, 3.63) is 46.5 Å². The van der Waals surface area contributed by atoms with E-state index >= 15 is 0 Å². The van der Waals surface area contributed by atoms with E-state index in [4.69, 9.17) is 23.2 Å². The molecule has 0 spiro atoms. The highest BCUT2D eigenvalue weighted by atomic mass is 35.5. The van der Waals surface area contributed by atoms with Gasteiger partial charge in [0.25, 0.3) is 0 Å². The second-order valence-electron chi connectivity index (χ2n) is 6.31. The van der Waals surface area contributed by atoms with Gasteiger partial charge in [-0.05, 0) is 31.0 Å². The van der Waals surface area contributed by atoms with Crippen molar-refractivity contribution in [1.82, 2.24) is 19.6 Å². The lowest BCUT2D eigenvalue weighted by atomic mass is 10.3. The van der Waals surface area contributed by atoms with E-state index in [1.807, 2.05) is 10.6 Å². The molecule has 7 nitrogen and oxygen atoms in total. The highest BCUT2D eigenvalue weighted by Gasteiger charge is 2.29. The number of nitrogens with one attached hydrogen (secondary N) is 1. The van der Waals surface area contributed by atoms with Crippen LogP contribution < -0.4 is 10.2 Å². The summed E-state index contributed by atoms with van der Waals surface area (Å²) in [5.41, 5.74) is 1.24. The van der Waals surface area contributed by atoms with Crippen LogP contribution >= 0.6 is 23.2 Å². The zero-order valence-corrected chi connectivity index (χ0v) is 15.5. The number of hydrogen-bond acceptors (Lipinski definition) is 5. The van der Waals surface area contributed by atoms with Gasteiger partial charge in [-0.2, -0.15) is 0 Å². The number of anilines is 2. The summed E-state index contributed by atoms with van der Waals surface area (Å²) in [4.78, 5) is 18.5. The lowest BCUT2D eigenvalue weighted by Crippen LogP contribution is -2.31. The maximum Gasteiger partial charge on any atom is 0.243 e. The van der Waals surface area contributed by atoms with E-state index in [1.54, 1.807) is 36.3 Å². The van der Waals surface area contributed by atoms with Gasteiger partial charge < -0.3 is 10.2 Å². The molecule has 0 atom stereocenters. The van der Waals surface area contributed by atoms with Gasteiger partial charge >= 0.3 is 0 Å². The Morgan fingerprint density at radius 1 is 1.31 bits per heavy atom. The molecule has 0 bridgehead atoms. The molecule has 2 aromatic heterocycles. The average molecular weight is 391 g/mol. The van der Waals surface area contributed by atoms with Crippen LogP contribution in [-0.2, 0) is 4.79 Å². The summed E-state index contributed by atoms with van der Waals surface area (Å²) < 4.78 is 1.95. The third-order valence-electron chi connectivity index (χ3n) is 4.22. The van der Waals surface area contributed by atoms with Crippen molar-refractivity contribution in [2.75, 3.05) is 23.8 Å². The van der Waals surface area contributed by atoms with Crippen molar-refractivity contribution < 1.29 is 4.79 Å². The molecule has 1 fully saturated rings. The third-order valence-corrected chi connectivity index (χ3v) is 4.96. The van der Waals surface area contributed by atoms with Crippen molar-refractivity contribution in [3.8, 4) is 0 Å². The Balaban J connectivity index is 1.50. The molecule has 134 valence electrons. The summed E-state index contributed by atoms with van der Waals surface area (Å²) in [6, 6.07) is 4.95. The topological polar surface area (TPSA) is 75.4 Å². The molecule has 0 aliphatic heterocycles. The van der Waals surface area contributed by atoms with Gasteiger partial charge in [-0.15, -0.1) is 10.2 Å². The summed E-state index contributed by atoms with van der Waals surface area (Å²) >= 11 is 11.9. The van der Waals surface area contributed by atoms with Crippen LogP contribution in [-0.4, -0.2) is 39.1 Å². The van der Waals surface area contributed by atoms with Crippen LogP contribution in [0, 0.1) is 0 Å². The number of aromatic nitrogens is 4. The number of amides is 1. The van der Waals surface area contributed by atoms with Crippen LogP contribution in [0.25, 0.3) is 5.65 Å². The third kappa shape index (κ3) is 3.32. The maximum absolute atomic E-state index is 12.4. The molecule has 2 heterocycles. The summed E-state index contributed by atoms with van der Waals surface area (Å²) in [6.07, 6.45) is 5.84. The Labute approximate surface area is 159 Å². The highest BCUT2D eigenvalue weighted by Crippen LogP contribution is 2.39. The molecule has 1 aromatic carbocycles. The molecule has 3 aromatic rings. The zero-order valence-electron chi connectivity index (χ0n) is 14.0. The van der Waals surface area contributed by atoms with E-state index in [0.29, 0.717) is 33.1 Å². The zero-order chi connectivity index (χ0) is 18.3. The smallest absolute Gasteiger partial charge is 0.243 e. The number of likely N-dealkylation sites (N-methyl/N-ethyl adjacent to an activating group) is 1. The Hall–Kier alpha value is -2.38. The highest BCUT2D eigenvalue weighted by molar-refractivity contribution is 6.42. The fourth-order valence-corrected chi connectivity index (χ4v) is 3.08. The first kappa shape index (κ1) is 17.1. The Bertz CT molecular complexity index is 985. The lowest BCUT2D eigenvalue weighted by Gasteiger charge is -2.18. The van der Waals surface area contributed by atoms with Crippen LogP contribution in [0.5, 0.6) is 0 Å². The molecule has 26 heavy (non-hydrogen) atoms. The quantitative estimate of drug-likeness (QED) is 0.722. The summed E-state index contributed by atoms with van der Waals surface area (Å²) in [6.45, 7) is 0.110. The van der Waals surface area contributed by atoms with Gasteiger partial charge in [0, 0.05) is 31.0 Å². The number of carbonyl (C=O) groups excluding carboxylic acids is 1. The fraction of sp³-hybridized carbons (Fsp3) is 0.294. The SMILES string of the molecule is CN(CC(=O)Nc1ccc(Cl)c(Cl)c1)c1nccn2c(C3CC3)nnc12. The van der Waals surface area contributed by atoms with Crippen molar-refractivity contribution >= 4 is 46.3 Å². The normalized spacial score (nSPS) is 13.8. The molecule has 4 rings (SSSR count). The van der Waals surface area contributed by atoms with Gasteiger partial charge in [-0.3, -0.25) is 9.20 Å². The van der Waals surface area contributed by atoms with E-state index in [-0.39, 0.29) is 12.5 Å². The summed E-state index contributed by atoms with van der Waals surface area (Å²) in [7, 11) is 1.79. The fourth-order valence-electron chi connectivity index (χ4n) is 2.79. The van der Waals surface area contributed by atoms with Crippen LogP contribution in [0.2, 0.25) is 10.0 Å². The minimum atomic E-state index is -0.198. The number of hydrogen-bond donors (Lipinski definition) is 1. The van der Waals surface area contributed by atoms with E-state index < -0.39 is 0 Å². The lowest BCUT2D eigenvalue weighted by molar-refractivity contribution is -0.114. The van der Waals surface area contributed by atoms with E-state index in [9.17, 15) is 4.79 Å². The predicted octanol–water partition coefficient (Wildman–Crippen LogP) is 3.38. The van der Waals surface area contributed by atoms with Gasteiger partial charge in [-0.25, -0.2) is 4.98 Å². The standard InChI is InChI=1S/C17H16Cl2N6O/c1-24(9-14(26)21-11-4-5-12(18)13(19)8-11)16-17-23-22-15(10-2-3-10)25(17)7-6-20-16/h4-8,10H,2-3,9H2,1H3,(H,21,26). The van der Waals surface area contributed by atoms with Crippen LogP contribution in [0.15, 0.2) is 30.6 Å². The van der Waals surface area contributed by atoms with Gasteiger partial charge in [0.15, 0.2) is 5.82 Å². The number of fused-ring (bicyclic) bond motifs is 1. The van der Waals surface area contributed by atoms with E-state index in [1.165, 1.54) is 0 Å². The Morgan fingerprint density at radius 3 is 2.85 bits per heavy atom. The first-order valence-corrected chi connectivity index (χ1v) is 8.94. The molecular weight excluding hydrogens is 375 g/mol. The molecule has 1 aliphatic rings. The molecule has 0 radical (unpaired) electrons. The van der Waals surface area contributed by atoms with Crippen molar-refractivity contribution in [2.24, 2.45) is 0 Å². The predicted molar refractivity (Wildman–Crippen MR) is 101 cm³/mol. The number of benzene rings is 1. The van der Waals surface area contributed by atoms with Gasteiger partial charge in [0.2, 0.25) is 11.6 Å². The molecule has 0 unspecified atom stereocenters. The largest absolute Gasteiger partial charge is 0.347 e. The molecule has 9 heteroatoms. The summed E-state index contributed by atoms with van der Waals surface area (Å²) in [5.74, 6) is 1.84. The minimum Gasteiger partial charge on any atom is -0.347 e. The van der Waals surface area contributed by atoms with Crippen LogP contribution in [0.4, 0.5) is 11.5 Å². The average Bonchev–Trinajstić information content (AvgIpc) is 3.36. The molecule has 1 aliphatic carbocycles. The Morgan fingerprint density at radius 2 is 2.12 bits per heavy atom.